The van der Waals surface area contributed by atoms with Gasteiger partial charge in [-0.2, -0.15) is 0 Å². The smallest absolute Gasteiger partial charge is 0.227 e. The van der Waals surface area contributed by atoms with Gasteiger partial charge >= 0.3 is 0 Å². The van der Waals surface area contributed by atoms with Crippen molar-refractivity contribution >= 4 is 5.91 Å². The first-order valence-electron chi connectivity index (χ1n) is 12.5. The van der Waals surface area contributed by atoms with Gasteiger partial charge in [-0.3, -0.25) is 14.7 Å². The molecule has 0 spiro atoms. The number of methoxy groups -OCH3 is 1. The number of fused-ring (bicyclic) bond motifs is 1. The third kappa shape index (κ3) is 4.95. The van der Waals surface area contributed by atoms with Crippen LogP contribution in [0.25, 0.3) is 11.1 Å². The molecule has 182 valence electrons. The Bertz CT molecular complexity index is 1120. The Labute approximate surface area is 207 Å². The summed E-state index contributed by atoms with van der Waals surface area (Å²) in [5, 5.41) is 10.2. The Kier molecular flexibility index (Phi) is 7.11. The summed E-state index contributed by atoms with van der Waals surface area (Å²) in [6, 6.07) is 20.9. The number of aliphatic hydroxyl groups excluding tert-OH is 1. The maximum absolute atomic E-state index is 13.2. The summed E-state index contributed by atoms with van der Waals surface area (Å²) in [5.41, 5.74) is 4.52. The highest BCUT2D eigenvalue weighted by molar-refractivity contribution is 5.78. The van der Waals surface area contributed by atoms with Crippen LogP contribution in [0, 0.1) is 0 Å². The van der Waals surface area contributed by atoms with Crippen LogP contribution in [-0.2, 0) is 11.2 Å². The zero-order chi connectivity index (χ0) is 24.2. The highest BCUT2D eigenvalue weighted by Crippen LogP contribution is 2.42. The van der Waals surface area contributed by atoms with Gasteiger partial charge in [0.1, 0.15) is 5.75 Å². The number of hydrogen-bond acceptors (Lipinski definition) is 5. The van der Waals surface area contributed by atoms with Gasteiger partial charge in [0.15, 0.2) is 0 Å². The zero-order valence-electron chi connectivity index (χ0n) is 20.2. The molecule has 1 aromatic heterocycles. The predicted molar refractivity (Wildman–Crippen MR) is 136 cm³/mol. The first kappa shape index (κ1) is 23.5. The van der Waals surface area contributed by atoms with Crippen molar-refractivity contribution in [2.24, 2.45) is 0 Å². The number of amides is 1. The van der Waals surface area contributed by atoms with Crippen LogP contribution in [-0.4, -0.2) is 71.2 Å². The van der Waals surface area contributed by atoms with Crippen molar-refractivity contribution in [3.63, 3.8) is 0 Å². The molecule has 0 aliphatic carbocycles. The average molecular weight is 472 g/mol. The number of ether oxygens (including phenoxy) is 1. The van der Waals surface area contributed by atoms with Gasteiger partial charge in [0, 0.05) is 43.5 Å². The van der Waals surface area contributed by atoms with Crippen LogP contribution in [0.15, 0.2) is 73.1 Å². The Morgan fingerprint density at radius 3 is 2.29 bits per heavy atom. The highest BCUT2D eigenvalue weighted by Gasteiger charge is 2.49. The van der Waals surface area contributed by atoms with Gasteiger partial charge in [-0.1, -0.05) is 36.4 Å². The molecule has 1 N–H and O–H groups in total. The Morgan fingerprint density at radius 2 is 1.63 bits per heavy atom. The molecule has 35 heavy (non-hydrogen) atoms. The van der Waals surface area contributed by atoms with E-state index in [4.69, 9.17) is 4.74 Å². The largest absolute Gasteiger partial charge is 0.497 e. The monoisotopic (exact) mass is 471 g/mol. The average Bonchev–Trinajstić information content (AvgIpc) is 2.89. The summed E-state index contributed by atoms with van der Waals surface area (Å²) < 4.78 is 5.27. The molecule has 0 bridgehead atoms. The number of aromatic nitrogens is 1. The van der Waals surface area contributed by atoms with E-state index in [9.17, 15) is 9.90 Å². The second-order valence-corrected chi connectivity index (χ2v) is 9.51. The van der Waals surface area contributed by atoms with Crippen molar-refractivity contribution in [1.82, 2.24) is 14.8 Å². The van der Waals surface area contributed by atoms with Gasteiger partial charge in [0.2, 0.25) is 5.91 Å². The van der Waals surface area contributed by atoms with Gasteiger partial charge in [-0.25, -0.2) is 0 Å². The first-order chi connectivity index (χ1) is 17.2. The molecule has 0 saturated carbocycles. The summed E-state index contributed by atoms with van der Waals surface area (Å²) in [6.45, 7) is 2.60. The standard InChI is InChI=1S/C29H33N3O3/c1-35-25-10-8-23(9-11-25)22-4-6-24(7-5-22)29-26-19-31(16-2-3-17-32(26)27(29)20-33)28(34)18-21-12-14-30-15-13-21/h4-15,26-27,29,33H,2-3,16-20H2,1H3/t26-,27+,29-/m1/s1. The molecule has 5 rings (SSSR count). The topological polar surface area (TPSA) is 65.9 Å². The molecular weight excluding hydrogens is 438 g/mol. The van der Waals surface area contributed by atoms with Crippen LogP contribution in [0.2, 0.25) is 0 Å². The molecule has 6 heteroatoms. The summed E-state index contributed by atoms with van der Waals surface area (Å²) in [5.74, 6) is 1.22. The molecule has 6 nitrogen and oxygen atoms in total. The van der Waals surface area contributed by atoms with Crippen molar-refractivity contribution in [1.29, 1.82) is 0 Å². The minimum atomic E-state index is 0.0992. The van der Waals surface area contributed by atoms with Gasteiger partial charge < -0.3 is 14.7 Å². The molecule has 2 fully saturated rings. The molecule has 1 amide bonds. The van der Waals surface area contributed by atoms with Crippen molar-refractivity contribution in [3.8, 4) is 16.9 Å². The van der Waals surface area contributed by atoms with Gasteiger partial charge in [0.05, 0.1) is 20.1 Å². The van der Waals surface area contributed by atoms with Crippen LogP contribution in [0.5, 0.6) is 5.75 Å². The van der Waals surface area contributed by atoms with E-state index < -0.39 is 0 Å². The number of rotatable bonds is 6. The molecule has 0 unspecified atom stereocenters. The van der Waals surface area contributed by atoms with Crippen LogP contribution in [0.1, 0.15) is 29.9 Å². The molecule has 0 radical (unpaired) electrons. The summed E-state index contributed by atoms with van der Waals surface area (Å²) in [6.07, 6.45) is 5.90. The maximum atomic E-state index is 13.2. The Hall–Kier alpha value is -3.22. The number of hydrogen-bond donors (Lipinski definition) is 1. The quantitative estimate of drug-likeness (QED) is 0.593. The second-order valence-electron chi connectivity index (χ2n) is 9.51. The predicted octanol–water partition coefficient (Wildman–Crippen LogP) is 3.75. The van der Waals surface area contributed by atoms with E-state index in [1.165, 1.54) is 5.56 Å². The number of carbonyl (C=O) groups excluding carboxylic acids is 1. The third-order valence-corrected chi connectivity index (χ3v) is 7.55. The Balaban J connectivity index is 1.33. The van der Waals surface area contributed by atoms with Crippen molar-refractivity contribution in [2.45, 2.75) is 37.3 Å². The molecule has 2 aliphatic rings. The lowest BCUT2D eigenvalue weighted by molar-refractivity contribution is -0.135. The minimum Gasteiger partial charge on any atom is -0.497 e. The lowest BCUT2D eigenvalue weighted by Crippen LogP contribution is -2.68. The fourth-order valence-corrected chi connectivity index (χ4v) is 5.64. The van der Waals surface area contributed by atoms with Crippen LogP contribution < -0.4 is 4.74 Å². The number of aliphatic hydroxyl groups is 1. The van der Waals surface area contributed by atoms with Crippen LogP contribution in [0.3, 0.4) is 0 Å². The second kappa shape index (κ2) is 10.6. The van der Waals surface area contributed by atoms with Crippen LogP contribution >= 0.6 is 0 Å². The van der Waals surface area contributed by atoms with Crippen molar-refractivity contribution in [3.05, 3.63) is 84.2 Å². The summed E-state index contributed by atoms with van der Waals surface area (Å²) in [7, 11) is 1.67. The molecule has 3 atom stereocenters. The highest BCUT2D eigenvalue weighted by atomic mass is 16.5. The van der Waals surface area contributed by atoms with Crippen molar-refractivity contribution < 1.29 is 14.6 Å². The van der Waals surface area contributed by atoms with E-state index in [1.54, 1.807) is 19.5 Å². The van der Waals surface area contributed by atoms with E-state index >= 15 is 0 Å². The van der Waals surface area contributed by atoms with Gasteiger partial charge in [-0.15, -0.1) is 0 Å². The molecule has 3 aromatic rings. The number of benzene rings is 2. The SMILES string of the molecule is COc1ccc(-c2ccc([C@@H]3[C@H]4CN(C(=O)Cc5ccncc5)CCCCN4[C@H]3CO)cc2)cc1. The van der Waals surface area contributed by atoms with Gasteiger partial charge in [0.25, 0.3) is 0 Å². The normalized spacial score (nSPS) is 22.5. The third-order valence-electron chi connectivity index (χ3n) is 7.55. The lowest BCUT2D eigenvalue weighted by Gasteiger charge is -2.57. The number of nitrogens with zero attached hydrogens (tertiary/aromatic N) is 3. The lowest BCUT2D eigenvalue weighted by atomic mass is 9.74. The van der Waals surface area contributed by atoms with Crippen LogP contribution in [0.4, 0.5) is 0 Å². The van der Waals surface area contributed by atoms with E-state index in [-0.39, 0.29) is 30.5 Å². The molecular formula is C29H33N3O3. The molecule has 2 aliphatic heterocycles. The molecule has 3 heterocycles. The minimum absolute atomic E-state index is 0.0992. The summed E-state index contributed by atoms with van der Waals surface area (Å²) >= 11 is 0. The maximum Gasteiger partial charge on any atom is 0.227 e. The van der Waals surface area contributed by atoms with Gasteiger partial charge in [-0.05, 0) is 65.9 Å². The van der Waals surface area contributed by atoms with E-state index in [1.807, 2.05) is 29.2 Å². The number of carbonyl (C=O) groups is 1. The Morgan fingerprint density at radius 1 is 0.971 bits per heavy atom. The van der Waals surface area contributed by atoms with E-state index in [2.05, 4.69) is 46.3 Å². The fraction of sp³-hybridized carbons (Fsp3) is 0.379. The summed E-state index contributed by atoms with van der Waals surface area (Å²) in [4.78, 5) is 21.7. The number of pyridine rings is 1. The first-order valence-corrected chi connectivity index (χ1v) is 12.5. The van der Waals surface area contributed by atoms with E-state index in [0.717, 1.165) is 48.4 Å². The molecule has 2 aromatic carbocycles. The van der Waals surface area contributed by atoms with Crippen molar-refractivity contribution in [2.75, 3.05) is 33.4 Å². The van der Waals surface area contributed by atoms with E-state index in [0.29, 0.717) is 13.0 Å². The zero-order valence-corrected chi connectivity index (χ0v) is 20.2. The molecule has 2 saturated heterocycles. The fourth-order valence-electron chi connectivity index (χ4n) is 5.64.